The summed E-state index contributed by atoms with van der Waals surface area (Å²) in [6.07, 6.45) is 4.59. The van der Waals surface area contributed by atoms with Gasteiger partial charge in [-0.3, -0.25) is 0 Å². The molecule has 0 aromatic carbocycles. The first-order valence-corrected chi connectivity index (χ1v) is 3.87. The van der Waals surface area contributed by atoms with Crippen molar-refractivity contribution in [3.05, 3.63) is 0 Å². The molecule has 1 spiro atoms. The maximum absolute atomic E-state index is 10.5. The molecule has 4 N–H and O–H groups in total. The Morgan fingerprint density at radius 1 is 1.36 bits per heavy atom. The van der Waals surface area contributed by atoms with Gasteiger partial charge in [-0.05, 0) is 12.8 Å². The Kier molecular flexibility index (Phi) is 1.30. The fourth-order valence-corrected chi connectivity index (χ4v) is 1.74. The smallest absolute Gasteiger partial charge is 0.344 e. The number of hydrogen-bond acceptors (Lipinski definition) is 3. The Labute approximate surface area is 64.9 Å². The molecule has 62 valence electrons. The molecule has 0 radical (unpaired) electrons. The van der Waals surface area contributed by atoms with Gasteiger partial charge in [0.05, 0.1) is 0 Å². The quantitative estimate of drug-likeness (QED) is 0.449. The SMILES string of the molecule is NC(=O)N1NC2(CCCC2)N1. The maximum Gasteiger partial charge on any atom is 0.344 e. The van der Waals surface area contributed by atoms with E-state index in [-0.39, 0.29) is 5.66 Å². The highest BCUT2D eigenvalue weighted by atomic mass is 16.2. The van der Waals surface area contributed by atoms with Crippen LogP contribution in [0.4, 0.5) is 4.79 Å². The van der Waals surface area contributed by atoms with E-state index in [9.17, 15) is 4.79 Å². The van der Waals surface area contributed by atoms with Crippen LogP contribution in [0.25, 0.3) is 0 Å². The number of primary amides is 1. The summed E-state index contributed by atoms with van der Waals surface area (Å²) in [6.45, 7) is 0. The number of rotatable bonds is 0. The van der Waals surface area contributed by atoms with Crippen LogP contribution in [-0.2, 0) is 0 Å². The number of hydrogen-bond donors (Lipinski definition) is 3. The highest BCUT2D eigenvalue weighted by Crippen LogP contribution is 2.31. The average Bonchev–Trinajstić information content (AvgIpc) is 2.29. The zero-order valence-electron chi connectivity index (χ0n) is 6.26. The summed E-state index contributed by atoms with van der Waals surface area (Å²) in [5.74, 6) is 0. The molecule has 2 fully saturated rings. The van der Waals surface area contributed by atoms with Crippen LogP contribution < -0.4 is 16.6 Å². The minimum absolute atomic E-state index is 0.00493. The maximum atomic E-state index is 10.5. The first kappa shape index (κ1) is 6.87. The van der Waals surface area contributed by atoms with Gasteiger partial charge in [0.1, 0.15) is 5.66 Å². The monoisotopic (exact) mass is 156 g/mol. The Morgan fingerprint density at radius 2 is 1.91 bits per heavy atom. The van der Waals surface area contributed by atoms with Gasteiger partial charge >= 0.3 is 6.03 Å². The lowest BCUT2D eigenvalue weighted by molar-refractivity contribution is -0.0770. The van der Waals surface area contributed by atoms with E-state index in [4.69, 9.17) is 5.73 Å². The fraction of sp³-hybridized carbons (Fsp3) is 0.833. The lowest BCUT2D eigenvalue weighted by atomic mass is 10.1. The Morgan fingerprint density at radius 3 is 2.36 bits per heavy atom. The van der Waals surface area contributed by atoms with E-state index in [1.54, 1.807) is 0 Å². The molecule has 1 saturated heterocycles. The third-order valence-electron chi connectivity index (χ3n) is 2.33. The third-order valence-corrected chi connectivity index (χ3v) is 2.33. The first-order valence-electron chi connectivity index (χ1n) is 3.87. The van der Waals surface area contributed by atoms with E-state index in [0.29, 0.717) is 0 Å². The van der Waals surface area contributed by atoms with Crippen molar-refractivity contribution < 1.29 is 4.79 Å². The molecule has 2 amide bonds. The van der Waals surface area contributed by atoms with Crippen molar-refractivity contribution in [1.82, 2.24) is 16.0 Å². The molecular formula is C6H12N4O. The molecular weight excluding hydrogens is 144 g/mol. The normalized spacial score (nSPS) is 27.1. The number of nitrogens with zero attached hydrogens (tertiary/aromatic N) is 1. The summed E-state index contributed by atoms with van der Waals surface area (Å²) >= 11 is 0. The van der Waals surface area contributed by atoms with Gasteiger partial charge in [0.15, 0.2) is 0 Å². The van der Waals surface area contributed by atoms with Gasteiger partial charge in [-0.15, -0.1) is 0 Å². The van der Waals surface area contributed by atoms with Crippen LogP contribution >= 0.6 is 0 Å². The van der Waals surface area contributed by atoms with Crippen molar-refractivity contribution in [2.75, 3.05) is 0 Å². The topological polar surface area (TPSA) is 70.4 Å². The molecule has 2 rings (SSSR count). The largest absolute Gasteiger partial charge is 0.349 e. The van der Waals surface area contributed by atoms with Crippen LogP contribution in [0.1, 0.15) is 25.7 Å². The van der Waals surface area contributed by atoms with Gasteiger partial charge in [0.25, 0.3) is 0 Å². The van der Waals surface area contributed by atoms with Crippen molar-refractivity contribution >= 4 is 6.03 Å². The van der Waals surface area contributed by atoms with Gasteiger partial charge in [-0.2, -0.15) is 16.0 Å². The number of hydrazine groups is 2. The number of urea groups is 1. The van der Waals surface area contributed by atoms with Crippen molar-refractivity contribution in [2.24, 2.45) is 5.73 Å². The van der Waals surface area contributed by atoms with Gasteiger partial charge in [-0.25, -0.2) is 4.79 Å². The fourth-order valence-electron chi connectivity index (χ4n) is 1.74. The highest BCUT2D eigenvalue weighted by Gasteiger charge is 2.45. The van der Waals surface area contributed by atoms with Crippen molar-refractivity contribution in [3.8, 4) is 0 Å². The number of carbonyl (C=O) groups excluding carboxylic acids is 1. The summed E-state index contributed by atoms with van der Waals surface area (Å²) in [7, 11) is 0. The molecule has 0 bridgehead atoms. The number of nitrogens with two attached hydrogens (primary N) is 1. The van der Waals surface area contributed by atoms with Crippen LogP contribution in [-0.4, -0.2) is 16.8 Å². The molecule has 1 saturated carbocycles. The lowest BCUT2D eigenvalue weighted by Gasteiger charge is -2.48. The van der Waals surface area contributed by atoms with Gasteiger partial charge in [-0.1, -0.05) is 12.8 Å². The molecule has 0 aromatic heterocycles. The van der Waals surface area contributed by atoms with Crippen molar-refractivity contribution in [3.63, 3.8) is 0 Å². The lowest BCUT2D eigenvalue weighted by Crippen LogP contribution is -2.81. The summed E-state index contributed by atoms with van der Waals surface area (Å²) in [5, 5.41) is 1.24. The summed E-state index contributed by atoms with van der Waals surface area (Å²) < 4.78 is 0. The van der Waals surface area contributed by atoms with E-state index in [1.807, 2.05) is 0 Å². The van der Waals surface area contributed by atoms with E-state index < -0.39 is 6.03 Å². The zero-order chi connectivity index (χ0) is 7.90. The van der Waals surface area contributed by atoms with Crippen LogP contribution in [0, 0.1) is 0 Å². The second-order valence-corrected chi connectivity index (χ2v) is 3.19. The van der Waals surface area contributed by atoms with Crippen molar-refractivity contribution in [1.29, 1.82) is 0 Å². The Bertz CT molecular complexity index is 179. The summed E-state index contributed by atoms with van der Waals surface area (Å²) in [5.41, 5.74) is 11.0. The van der Waals surface area contributed by atoms with E-state index in [1.165, 1.54) is 18.0 Å². The van der Waals surface area contributed by atoms with Gasteiger partial charge < -0.3 is 5.73 Å². The predicted octanol–water partition coefficient (Wildman–Crippen LogP) is -0.340. The second kappa shape index (κ2) is 2.09. The second-order valence-electron chi connectivity index (χ2n) is 3.19. The van der Waals surface area contributed by atoms with Crippen molar-refractivity contribution in [2.45, 2.75) is 31.3 Å². The number of carbonyl (C=O) groups is 1. The van der Waals surface area contributed by atoms with Crippen LogP contribution in [0.3, 0.4) is 0 Å². The van der Waals surface area contributed by atoms with Crippen LogP contribution in [0.5, 0.6) is 0 Å². The summed E-state index contributed by atoms with van der Waals surface area (Å²) in [6, 6.07) is -0.470. The first-order chi connectivity index (χ1) is 5.22. The molecule has 1 heterocycles. The highest BCUT2D eigenvalue weighted by molar-refractivity contribution is 5.71. The average molecular weight is 156 g/mol. The van der Waals surface area contributed by atoms with Crippen LogP contribution in [0.2, 0.25) is 0 Å². The molecule has 1 aliphatic carbocycles. The predicted molar refractivity (Wildman–Crippen MR) is 38.9 cm³/mol. The molecule has 11 heavy (non-hydrogen) atoms. The van der Waals surface area contributed by atoms with Gasteiger partial charge in [0.2, 0.25) is 0 Å². The van der Waals surface area contributed by atoms with E-state index in [2.05, 4.69) is 10.9 Å². The molecule has 5 heteroatoms. The minimum atomic E-state index is -0.470. The standard InChI is InChI=1S/C6H12N4O/c7-5(11)10-8-6(9-10)3-1-2-4-6/h8-9H,1-4H2,(H2,7,11). The number of amides is 2. The molecule has 5 nitrogen and oxygen atoms in total. The summed E-state index contributed by atoms with van der Waals surface area (Å²) in [4.78, 5) is 10.5. The zero-order valence-corrected chi connectivity index (χ0v) is 6.26. The van der Waals surface area contributed by atoms with Gasteiger partial charge in [0, 0.05) is 0 Å². The number of nitrogens with one attached hydrogen (secondary N) is 2. The molecule has 1 aliphatic heterocycles. The molecule has 0 unspecified atom stereocenters. The Hall–Kier alpha value is -0.810. The molecule has 0 aromatic rings. The van der Waals surface area contributed by atoms with E-state index in [0.717, 1.165) is 12.8 Å². The minimum Gasteiger partial charge on any atom is -0.349 e. The Balaban J connectivity index is 1.91. The van der Waals surface area contributed by atoms with E-state index >= 15 is 0 Å². The molecule has 0 atom stereocenters. The molecule has 2 aliphatic rings. The van der Waals surface area contributed by atoms with Crippen LogP contribution in [0.15, 0.2) is 0 Å². The third kappa shape index (κ3) is 0.965.